The van der Waals surface area contributed by atoms with E-state index in [1.807, 2.05) is 53.7 Å². The van der Waals surface area contributed by atoms with Gasteiger partial charge in [0.15, 0.2) is 0 Å². The van der Waals surface area contributed by atoms with E-state index >= 15 is 0 Å². The third-order valence-electron chi connectivity index (χ3n) is 6.19. The predicted molar refractivity (Wildman–Crippen MR) is 160 cm³/mol. The number of nitrogens with zero attached hydrogens (tertiary/aromatic N) is 2. The number of fused-ring (bicyclic) bond motifs is 1. The van der Waals surface area contributed by atoms with E-state index in [9.17, 15) is 4.91 Å². The van der Waals surface area contributed by atoms with E-state index in [0.717, 1.165) is 59.3 Å². The zero-order valence-electron chi connectivity index (χ0n) is 24.0. The van der Waals surface area contributed by atoms with Crippen molar-refractivity contribution in [1.82, 2.24) is 4.90 Å². The smallest absolute Gasteiger partial charge is 0.125 e. The van der Waals surface area contributed by atoms with E-state index in [-0.39, 0.29) is 6.10 Å². The monoisotopic (exact) mass is 516 g/mol. The molecule has 0 spiro atoms. The van der Waals surface area contributed by atoms with E-state index in [1.54, 1.807) is 7.11 Å². The van der Waals surface area contributed by atoms with Gasteiger partial charge in [-0.25, -0.2) is 0 Å². The summed E-state index contributed by atoms with van der Waals surface area (Å²) < 4.78 is 15.5. The van der Waals surface area contributed by atoms with Crippen molar-refractivity contribution in [3.8, 4) is 22.6 Å². The first-order valence-corrected chi connectivity index (χ1v) is 15.6. The maximum absolute atomic E-state index is 11.4. The van der Waals surface area contributed by atoms with Crippen molar-refractivity contribution >= 4 is 16.3 Å². The van der Waals surface area contributed by atoms with Crippen molar-refractivity contribution in [2.24, 2.45) is 4.58 Å². The Labute approximate surface area is 221 Å². The van der Waals surface area contributed by atoms with Gasteiger partial charge in [-0.1, -0.05) is 60.6 Å². The number of nitroso groups, excluding NO2 is 1. The molecule has 2 aliphatic rings. The van der Waals surface area contributed by atoms with E-state index in [0.29, 0.717) is 0 Å². The molecule has 2 aromatic carbocycles. The van der Waals surface area contributed by atoms with Crippen LogP contribution in [-0.2, 0) is 6.54 Å². The van der Waals surface area contributed by atoms with E-state index in [4.69, 9.17) is 9.47 Å². The lowest BCUT2D eigenvalue weighted by Crippen LogP contribution is -2.29. The van der Waals surface area contributed by atoms with Gasteiger partial charge >= 0.3 is 0 Å². The lowest BCUT2D eigenvalue weighted by Gasteiger charge is -2.38. The number of hydrogen-bond donors (Lipinski definition) is 0. The van der Waals surface area contributed by atoms with Crippen molar-refractivity contribution in [3.63, 3.8) is 0 Å². The molecule has 0 radical (unpaired) electrons. The van der Waals surface area contributed by atoms with Crippen LogP contribution in [0.5, 0.6) is 11.5 Å². The highest BCUT2D eigenvalue weighted by molar-refractivity contribution is 8.32. The second-order valence-corrected chi connectivity index (χ2v) is 11.6. The molecule has 0 amide bonds. The summed E-state index contributed by atoms with van der Waals surface area (Å²) in [5.41, 5.74) is 4.65. The van der Waals surface area contributed by atoms with Gasteiger partial charge in [0.25, 0.3) is 0 Å². The Morgan fingerprint density at radius 3 is 2.25 bits per heavy atom. The SMILES string of the molecule is CC.CC.CC.CCS1(N=O)CCC(Oc2cc(-c3cccc(OC)c3)cc3c2CN(C)C=C3)CC1. The van der Waals surface area contributed by atoms with E-state index in [1.165, 1.54) is 11.1 Å². The fourth-order valence-corrected chi connectivity index (χ4v) is 6.67. The molecule has 2 aromatic rings. The van der Waals surface area contributed by atoms with E-state index < -0.39 is 10.2 Å². The van der Waals surface area contributed by atoms with Gasteiger partial charge in [-0.15, -0.1) is 15.1 Å². The fraction of sp³-hybridized carbons (Fsp3) is 0.533. The molecular formula is C30H48N2O3S. The van der Waals surface area contributed by atoms with Crippen LogP contribution in [0.2, 0.25) is 0 Å². The number of benzene rings is 2. The molecule has 0 aromatic heterocycles. The molecule has 2 heterocycles. The average molecular weight is 517 g/mol. The van der Waals surface area contributed by atoms with Crippen LogP contribution < -0.4 is 9.47 Å². The molecule has 0 unspecified atom stereocenters. The highest BCUT2D eigenvalue weighted by Crippen LogP contribution is 2.53. The molecule has 0 aliphatic carbocycles. The first-order valence-electron chi connectivity index (χ1n) is 13.5. The summed E-state index contributed by atoms with van der Waals surface area (Å²) in [5, 5.41) is 0. The Morgan fingerprint density at radius 1 is 1.00 bits per heavy atom. The predicted octanol–water partition coefficient (Wildman–Crippen LogP) is 8.90. The summed E-state index contributed by atoms with van der Waals surface area (Å²) in [5.74, 6) is 4.45. The first kappa shape index (κ1) is 31.6. The topological polar surface area (TPSA) is 51.1 Å². The lowest BCUT2D eigenvalue weighted by molar-refractivity contribution is 0.188. The molecule has 1 saturated heterocycles. The Kier molecular flexibility index (Phi) is 14.3. The molecule has 0 bridgehead atoms. The van der Waals surface area contributed by atoms with Crippen LogP contribution in [0, 0.1) is 4.91 Å². The molecule has 4 rings (SSSR count). The van der Waals surface area contributed by atoms with Gasteiger partial charge < -0.3 is 14.4 Å². The van der Waals surface area contributed by atoms with Crippen LogP contribution >= 0.6 is 10.2 Å². The quantitative estimate of drug-likeness (QED) is 0.360. The van der Waals surface area contributed by atoms with Crippen molar-refractivity contribution in [2.45, 2.75) is 74.0 Å². The Balaban J connectivity index is 0.00000101. The molecule has 36 heavy (non-hydrogen) atoms. The second kappa shape index (κ2) is 16.3. The third-order valence-corrected chi connectivity index (χ3v) is 9.57. The van der Waals surface area contributed by atoms with Gasteiger partial charge in [-0.05, 0) is 76.4 Å². The third kappa shape index (κ3) is 8.02. The summed E-state index contributed by atoms with van der Waals surface area (Å²) in [4.78, 5) is 13.6. The minimum atomic E-state index is -1.33. The molecule has 0 atom stereocenters. The molecular weight excluding hydrogens is 468 g/mol. The van der Waals surface area contributed by atoms with Crippen LogP contribution in [-0.4, -0.2) is 42.4 Å². The number of rotatable bonds is 6. The zero-order chi connectivity index (χ0) is 27.1. The summed E-state index contributed by atoms with van der Waals surface area (Å²) in [6, 6.07) is 12.5. The standard InChI is InChI=1S/C24H30N2O3S.3C2H6/c1-4-30(25-27)12-9-21(10-13-30)29-24-16-20(18-6-5-7-22(15-18)28-3)14-19-8-11-26(2)17-23(19)24;3*1-2/h5-8,11,14-16,21H,4,9-10,12-13,17H2,1-3H3;3*1-2H3. The summed E-state index contributed by atoms with van der Waals surface area (Å²) in [6.07, 6.45) is 6.20. The molecule has 2 aliphatic heterocycles. The highest BCUT2D eigenvalue weighted by Gasteiger charge is 2.32. The fourth-order valence-electron chi connectivity index (χ4n) is 4.23. The summed E-state index contributed by atoms with van der Waals surface area (Å²) in [7, 11) is 2.44. The normalized spacial score (nSPS) is 21.5. The molecule has 0 saturated carbocycles. The van der Waals surface area contributed by atoms with Gasteiger partial charge in [-0.3, -0.25) is 0 Å². The average Bonchev–Trinajstić information content (AvgIpc) is 2.97. The molecule has 202 valence electrons. The maximum atomic E-state index is 11.4. The van der Waals surface area contributed by atoms with Crippen LogP contribution in [0.25, 0.3) is 17.2 Å². The number of hydrogen-bond acceptors (Lipinski definition) is 5. The molecule has 5 nitrogen and oxygen atoms in total. The van der Waals surface area contributed by atoms with Gasteiger partial charge in [0.05, 0.1) is 7.11 Å². The van der Waals surface area contributed by atoms with Gasteiger partial charge in [0.2, 0.25) is 0 Å². The largest absolute Gasteiger partial charge is 0.497 e. The molecule has 1 fully saturated rings. The van der Waals surface area contributed by atoms with Crippen molar-refractivity contribution in [1.29, 1.82) is 0 Å². The second-order valence-electron chi connectivity index (χ2n) is 8.09. The maximum Gasteiger partial charge on any atom is 0.125 e. The van der Waals surface area contributed by atoms with Crippen LogP contribution in [0.3, 0.4) is 0 Å². The molecule has 6 heteroatoms. The van der Waals surface area contributed by atoms with Gasteiger partial charge in [0, 0.05) is 30.7 Å². The van der Waals surface area contributed by atoms with Gasteiger partial charge in [-0.2, -0.15) is 0 Å². The minimum Gasteiger partial charge on any atom is -0.497 e. The Hall–Kier alpha value is -2.47. The van der Waals surface area contributed by atoms with Crippen molar-refractivity contribution in [2.75, 3.05) is 31.4 Å². The van der Waals surface area contributed by atoms with Crippen LogP contribution in [0.15, 0.2) is 47.2 Å². The lowest BCUT2D eigenvalue weighted by atomic mass is 9.96. The Bertz CT molecular complexity index is 953. The van der Waals surface area contributed by atoms with Crippen molar-refractivity contribution in [3.05, 3.63) is 58.6 Å². The van der Waals surface area contributed by atoms with Crippen LogP contribution in [0.1, 0.15) is 72.4 Å². The van der Waals surface area contributed by atoms with Crippen LogP contribution in [0.4, 0.5) is 0 Å². The summed E-state index contributed by atoms with van der Waals surface area (Å²) in [6.45, 7) is 14.9. The van der Waals surface area contributed by atoms with Crippen molar-refractivity contribution < 1.29 is 9.47 Å². The first-order chi connectivity index (χ1) is 17.6. The molecule has 0 N–H and O–H groups in total. The zero-order valence-corrected chi connectivity index (χ0v) is 24.8. The minimum absolute atomic E-state index is 0.139. The number of methoxy groups -OCH3 is 1. The van der Waals surface area contributed by atoms with Gasteiger partial charge in [0.1, 0.15) is 17.6 Å². The Morgan fingerprint density at radius 2 is 1.67 bits per heavy atom. The summed E-state index contributed by atoms with van der Waals surface area (Å²) >= 11 is 0. The highest BCUT2D eigenvalue weighted by atomic mass is 32.3. The van der Waals surface area contributed by atoms with E-state index in [2.05, 4.69) is 60.0 Å². The number of ether oxygens (including phenoxy) is 2.